The molecule has 0 radical (unpaired) electrons. The van der Waals surface area contributed by atoms with Crippen molar-refractivity contribution in [2.24, 2.45) is 0 Å². The van der Waals surface area contributed by atoms with Crippen molar-refractivity contribution in [1.29, 1.82) is 0 Å². The molecule has 0 spiro atoms. The number of rotatable bonds is 4. The minimum Gasteiger partial charge on any atom is -0.442 e. The van der Waals surface area contributed by atoms with Crippen molar-refractivity contribution >= 4 is 11.8 Å². The molecule has 2 aromatic rings. The van der Waals surface area contributed by atoms with Crippen LogP contribution in [0.3, 0.4) is 0 Å². The summed E-state index contributed by atoms with van der Waals surface area (Å²) in [5, 5.41) is 16.7. The molecule has 7 nitrogen and oxygen atoms in total. The largest absolute Gasteiger partial charge is 0.442 e. The van der Waals surface area contributed by atoms with Crippen molar-refractivity contribution in [2.45, 2.75) is 33.1 Å². The van der Waals surface area contributed by atoms with Gasteiger partial charge in [-0.2, -0.15) is 0 Å². The highest BCUT2D eigenvalue weighted by atomic mass is 16.6. The van der Waals surface area contributed by atoms with Gasteiger partial charge in [0.05, 0.1) is 25.9 Å². The number of ether oxygens (including phenoxy) is 1. The number of carbonyl (C=O) groups excluding carboxylic acids is 1. The molecule has 1 aliphatic rings. The van der Waals surface area contributed by atoms with Crippen LogP contribution >= 0.6 is 0 Å². The highest BCUT2D eigenvalue weighted by Crippen LogP contribution is 2.24. The second-order valence-electron chi connectivity index (χ2n) is 5.55. The number of aliphatic hydroxyl groups excluding tert-OH is 1. The normalized spacial score (nSPS) is 17.9. The molecule has 1 fully saturated rings. The van der Waals surface area contributed by atoms with Crippen molar-refractivity contribution in [3.05, 3.63) is 41.2 Å². The lowest BCUT2D eigenvalue weighted by Crippen LogP contribution is -2.26. The van der Waals surface area contributed by atoms with E-state index in [1.807, 2.05) is 26.0 Å². The van der Waals surface area contributed by atoms with Gasteiger partial charge in [0, 0.05) is 5.69 Å². The Morgan fingerprint density at radius 2 is 2.05 bits per heavy atom. The van der Waals surface area contributed by atoms with Gasteiger partial charge in [0.1, 0.15) is 11.8 Å². The Morgan fingerprint density at radius 1 is 1.32 bits per heavy atom. The Bertz CT molecular complexity index is 678. The maximum absolute atomic E-state index is 12.1. The number of aromatic nitrogens is 3. The molecule has 1 unspecified atom stereocenters. The van der Waals surface area contributed by atoms with Gasteiger partial charge in [-0.15, -0.1) is 5.10 Å². The number of amides is 1. The Labute approximate surface area is 128 Å². The lowest BCUT2D eigenvalue weighted by atomic mass is 10.1. The summed E-state index contributed by atoms with van der Waals surface area (Å²) in [7, 11) is 0. The summed E-state index contributed by atoms with van der Waals surface area (Å²) in [4.78, 5) is 13.7. The molecule has 0 bridgehead atoms. The molecule has 1 aliphatic heterocycles. The first-order valence-electron chi connectivity index (χ1n) is 7.11. The van der Waals surface area contributed by atoms with Crippen LogP contribution in [-0.4, -0.2) is 38.8 Å². The van der Waals surface area contributed by atoms with Crippen LogP contribution in [0, 0.1) is 13.8 Å². The number of benzene rings is 1. The van der Waals surface area contributed by atoms with Gasteiger partial charge in [-0.1, -0.05) is 11.3 Å². The molecular formula is C15H18N4O3. The Kier molecular flexibility index (Phi) is 3.81. The predicted octanol–water partition coefficient (Wildman–Crippen LogP) is 1.41. The maximum Gasteiger partial charge on any atom is 0.414 e. The van der Waals surface area contributed by atoms with Gasteiger partial charge in [0.15, 0.2) is 0 Å². The second kappa shape index (κ2) is 5.76. The zero-order valence-corrected chi connectivity index (χ0v) is 12.6. The summed E-state index contributed by atoms with van der Waals surface area (Å²) < 4.78 is 6.97. The van der Waals surface area contributed by atoms with Gasteiger partial charge in [-0.25, -0.2) is 9.48 Å². The van der Waals surface area contributed by atoms with Gasteiger partial charge in [-0.3, -0.25) is 4.90 Å². The molecule has 0 saturated carbocycles. The van der Waals surface area contributed by atoms with Crippen LogP contribution in [-0.2, 0) is 17.9 Å². The summed E-state index contributed by atoms with van der Waals surface area (Å²) >= 11 is 0. The molecule has 0 aliphatic carbocycles. The van der Waals surface area contributed by atoms with Gasteiger partial charge < -0.3 is 9.84 Å². The van der Waals surface area contributed by atoms with E-state index in [-0.39, 0.29) is 18.8 Å². The average Bonchev–Trinajstić information content (AvgIpc) is 3.04. The van der Waals surface area contributed by atoms with Crippen LogP contribution in [0.5, 0.6) is 0 Å². The third-order valence-electron chi connectivity index (χ3n) is 3.53. The van der Waals surface area contributed by atoms with Gasteiger partial charge in [-0.05, 0) is 37.1 Å². The molecule has 1 N–H and O–H groups in total. The number of nitrogens with zero attached hydrogens (tertiary/aromatic N) is 4. The van der Waals surface area contributed by atoms with Crippen molar-refractivity contribution in [1.82, 2.24) is 15.0 Å². The van der Waals surface area contributed by atoms with Crippen molar-refractivity contribution < 1.29 is 14.6 Å². The third-order valence-corrected chi connectivity index (χ3v) is 3.53. The number of anilines is 1. The van der Waals surface area contributed by atoms with E-state index in [1.165, 1.54) is 0 Å². The second-order valence-corrected chi connectivity index (χ2v) is 5.55. The Hall–Kier alpha value is -2.41. The number of carbonyl (C=O) groups is 1. The van der Waals surface area contributed by atoms with Crippen LogP contribution < -0.4 is 4.90 Å². The summed E-state index contributed by atoms with van der Waals surface area (Å²) in [5.74, 6) is 0. The SMILES string of the molecule is Cc1cc(C)cc(N2CC(Cn3cc(CO)nn3)OC2=O)c1. The van der Waals surface area contributed by atoms with Crippen LogP contribution in [0.1, 0.15) is 16.8 Å². The number of hydrogen-bond acceptors (Lipinski definition) is 5. The molecule has 1 saturated heterocycles. The number of cyclic esters (lactones) is 1. The molecule has 116 valence electrons. The fourth-order valence-corrected chi connectivity index (χ4v) is 2.64. The summed E-state index contributed by atoms with van der Waals surface area (Å²) in [5.41, 5.74) is 3.56. The van der Waals surface area contributed by atoms with Gasteiger partial charge in [0.2, 0.25) is 0 Å². The Morgan fingerprint density at radius 3 is 2.68 bits per heavy atom. The van der Waals surface area contributed by atoms with E-state index in [9.17, 15) is 4.79 Å². The lowest BCUT2D eigenvalue weighted by molar-refractivity contribution is 0.129. The Balaban J connectivity index is 1.72. The number of aliphatic hydroxyl groups is 1. The molecule has 2 heterocycles. The highest BCUT2D eigenvalue weighted by Gasteiger charge is 2.33. The van der Waals surface area contributed by atoms with E-state index in [4.69, 9.17) is 9.84 Å². The first-order valence-corrected chi connectivity index (χ1v) is 7.11. The van der Waals surface area contributed by atoms with Crippen LogP contribution in [0.15, 0.2) is 24.4 Å². The summed E-state index contributed by atoms with van der Waals surface area (Å²) in [6.07, 6.45) is 1.01. The fraction of sp³-hybridized carbons (Fsp3) is 0.400. The van der Waals surface area contributed by atoms with E-state index in [0.29, 0.717) is 18.8 Å². The zero-order valence-electron chi connectivity index (χ0n) is 12.6. The fourth-order valence-electron chi connectivity index (χ4n) is 2.64. The van der Waals surface area contributed by atoms with Crippen molar-refractivity contribution in [3.8, 4) is 0 Å². The molecular weight excluding hydrogens is 284 g/mol. The smallest absolute Gasteiger partial charge is 0.414 e. The van der Waals surface area contributed by atoms with Crippen molar-refractivity contribution in [3.63, 3.8) is 0 Å². The number of hydrogen-bond donors (Lipinski definition) is 1. The van der Waals surface area contributed by atoms with Crippen molar-refractivity contribution in [2.75, 3.05) is 11.4 Å². The van der Waals surface area contributed by atoms with E-state index in [0.717, 1.165) is 16.8 Å². The zero-order chi connectivity index (χ0) is 15.7. The first kappa shape index (κ1) is 14.5. The summed E-state index contributed by atoms with van der Waals surface area (Å²) in [6, 6.07) is 6.00. The third kappa shape index (κ3) is 2.94. The van der Waals surface area contributed by atoms with E-state index >= 15 is 0 Å². The molecule has 1 atom stereocenters. The highest BCUT2D eigenvalue weighted by molar-refractivity contribution is 5.89. The van der Waals surface area contributed by atoms with E-state index in [2.05, 4.69) is 16.4 Å². The quantitative estimate of drug-likeness (QED) is 0.923. The molecule has 1 aromatic carbocycles. The minimum atomic E-state index is -0.350. The molecule has 1 amide bonds. The number of aryl methyl sites for hydroxylation is 2. The van der Waals surface area contributed by atoms with Gasteiger partial charge in [0.25, 0.3) is 0 Å². The van der Waals surface area contributed by atoms with Crippen LogP contribution in [0.25, 0.3) is 0 Å². The molecule has 1 aromatic heterocycles. The monoisotopic (exact) mass is 302 g/mol. The van der Waals surface area contributed by atoms with E-state index in [1.54, 1.807) is 15.8 Å². The molecule has 3 rings (SSSR count). The predicted molar refractivity (Wildman–Crippen MR) is 79.5 cm³/mol. The molecule has 22 heavy (non-hydrogen) atoms. The van der Waals surface area contributed by atoms with Gasteiger partial charge >= 0.3 is 6.09 Å². The first-order chi connectivity index (χ1) is 10.5. The molecule has 7 heteroatoms. The topological polar surface area (TPSA) is 80.5 Å². The summed E-state index contributed by atoms with van der Waals surface area (Å²) in [6.45, 7) is 4.73. The minimum absolute atomic E-state index is 0.154. The average molecular weight is 302 g/mol. The van der Waals surface area contributed by atoms with Crippen LogP contribution in [0.2, 0.25) is 0 Å². The maximum atomic E-state index is 12.1. The standard InChI is InChI=1S/C15H18N4O3/c1-10-3-11(2)5-13(4-10)19-8-14(22-15(19)21)7-18-6-12(9-20)16-17-18/h3-6,14,20H,7-9H2,1-2H3. The lowest BCUT2D eigenvalue weighted by Gasteiger charge is -2.14. The van der Waals surface area contributed by atoms with E-state index < -0.39 is 0 Å². The van der Waals surface area contributed by atoms with Crippen LogP contribution in [0.4, 0.5) is 10.5 Å².